The van der Waals surface area contributed by atoms with E-state index in [4.69, 9.17) is 0 Å². The standard InChI is InChI=1S/C66H48N4/c67-33-37-23-43(35-69)65(49(25-37)39-11-3-1-4-12-39)61-31-57-56-28-52-46-20-8-16-42-18-10-22-48(64(42)46)54(52)30-60(56)62(66-44(36-70)24-38(34-68)26-50(66)40-13-5-2-6-14-40)32-58(57)55-27-51-45-19-7-15-41-17-9-21-47(63(41)45)53(51)29-59(55)61/h7-10,15-27,29-32,39-40,52,55,59H,1-6,11-14,28H2. The average molecular weight is 897 g/mol. The Morgan fingerprint density at radius 1 is 0.429 bits per heavy atom. The quantitative estimate of drug-likeness (QED) is 0.176. The molecule has 2 fully saturated rings. The van der Waals surface area contributed by atoms with E-state index in [0.717, 1.165) is 96.7 Å². The lowest BCUT2D eigenvalue weighted by Crippen LogP contribution is -2.24. The van der Waals surface area contributed by atoms with Crippen molar-refractivity contribution in [3.8, 4) is 35.4 Å². The Hall–Kier alpha value is -8.02. The molecule has 4 nitrogen and oxygen atoms in total. The van der Waals surface area contributed by atoms with Crippen molar-refractivity contribution in [3.05, 3.63) is 199 Å². The molecule has 3 unspecified atom stereocenters. The molecule has 0 aliphatic heterocycles. The van der Waals surface area contributed by atoms with E-state index in [0.29, 0.717) is 22.3 Å². The van der Waals surface area contributed by atoms with Crippen molar-refractivity contribution in [2.45, 2.75) is 94.3 Å². The van der Waals surface area contributed by atoms with Crippen LogP contribution in [0.15, 0.2) is 115 Å². The number of fused-ring (bicyclic) bond motifs is 11. The van der Waals surface area contributed by atoms with Crippen molar-refractivity contribution >= 4 is 56.0 Å². The van der Waals surface area contributed by atoms with Gasteiger partial charge in [0.1, 0.15) is 0 Å². The van der Waals surface area contributed by atoms with Crippen LogP contribution in [0.25, 0.3) is 67.1 Å². The normalized spacial score (nSPS) is 20.5. The fourth-order valence-electron chi connectivity index (χ4n) is 14.6. The van der Waals surface area contributed by atoms with Gasteiger partial charge in [-0.25, -0.2) is 0 Å². The minimum absolute atomic E-state index is 0.0969. The topological polar surface area (TPSA) is 95.2 Å². The highest BCUT2D eigenvalue weighted by Gasteiger charge is 2.43. The highest BCUT2D eigenvalue weighted by molar-refractivity contribution is 6.23. The van der Waals surface area contributed by atoms with Gasteiger partial charge in [0.25, 0.3) is 0 Å². The largest absolute Gasteiger partial charge is 0.192 e. The predicted molar refractivity (Wildman–Crippen MR) is 281 cm³/mol. The zero-order valence-corrected chi connectivity index (χ0v) is 39.1. The Bertz CT molecular complexity index is 3820. The first kappa shape index (κ1) is 41.0. The Labute approximate surface area is 409 Å². The van der Waals surface area contributed by atoms with Gasteiger partial charge in [0, 0.05) is 23.3 Å². The summed E-state index contributed by atoms with van der Waals surface area (Å²) in [4.78, 5) is 0. The Morgan fingerprint density at radius 2 is 0.971 bits per heavy atom. The minimum atomic E-state index is -0.113. The molecule has 70 heavy (non-hydrogen) atoms. The molecule has 0 radical (unpaired) electrons. The van der Waals surface area contributed by atoms with Crippen molar-refractivity contribution in [3.63, 3.8) is 0 Å². The number of hydrogen-bond acceptors (Lipinski definition) is 4. The van der Waals surface area contributed by atoms with E-state index >= 15 is 0 Å². The lowest BCUT2D eigenvalue weighted by Gasteiger charge is -2.39. The molecule has 14 rings (SSSR count). The molecule has 3 atom stereocenters. The molecule has 0 heterocycles. The molecule has 0 saturated heterocycles. The van der Waals surface area contributed by atoms with Gasteiger partial charge in [0.05, 0.1) is 46.5 Å². The second-order valence-corrected chi connectivity index (χ2v) is 21.0. The summed E-state index contributed by atoms with van der Waals surface area (Å²) in [6.45, 7) is 0. The molecule has 0 amide bonds. The van der Waals surface area contributed by atoms with E-state index in [2.05, 4.69) is 140 Å². The second-order valence-electron chi connectivity index (χ2n) is 21.0. The van der Waals surface area contributed by atoms with Crippen LogP contribution in [-0.4, -0.2) is 0 Å². The van der Waals surface area contributed by atoms with Crippen molar-refractivity contribution in [1.82, 2.24) is 0 Å². The molecule has 0 bridgehead atoms. The van der Waals surface area contributed by atoms with Gasteiger partial charge in [-0.1, -0.05) is 123 Å². The first-order chi connectivity index (χ1) is 34.5. The molecule has 7 aliphatic rings. The Morgan fingerprint density at radius 3 is 1.59 bits per heavy atom. The van der Waals surface area contributed by atoms with Crippen LogP contribution in [0.5, 0.6) is 0 Å². The minimum Gasteiger partial charge on any atom is -0.192 e. The Balaban J connectivity index is 1.11. The van der Waals surface area contributed by atoms with Gasteiger partial charge < -0.3 is 0 Å². The third-order valence-electron chi connectivity index (χ3n) is 17.6. The molecular weight excluding hydrogens is 849 g/mol. The number of benzene rings is 7. The molecule has 7 aliphatic carbocycles. The van der Waals surface area contributed by atoms with Crippen molar-refractivity contribution in [1.29, 1.82) is 21.0 Å². The maximum absolute atomic E-state index is 11.2. The summed E-state index contributed by atoms with van der Waals surface area (Å²) in [5.41, 5.74) is 22.7. The SMILES string of the molecule is N#Cc1cc(C#N)c(C2=Cc3c(cc(-c4c(C#N)cc(C#N)cc4C4CCCCC4)c4c3CC3C(=C4)c4cccc5cccc3c45)C3C=C4C(=CC23)c2cccc3cccc4c23)c(C2CCCCC2)c1. The number of nitriles is 4. The molecule has 0 N–H and O–H groups in total. The summed E-state index contributed by atoms with van der Waals surface area (Å²) in [6, 6.07) is 47.4. The lowest BCUT2D eigenvalue weighted by molar-refractivity contribution is 0.443. The van der Waals surface area contributed by atoms with Crippen LogP contribution >= 0.6 is 0 Å². The summed E-state index contributed by atoms with van der Waals surface area (Å²) in [7, 11) is 0. The molecular formula is C66H48N4. The van der Waals surface area contributed by atoms with Gasteiger partial charge >= 0.3 is 0 Å². The van der Waals surface area contributed by atoms with E-state index in [1.807, 2.05) is 12.1 Å². The highest BCUT2D eigenvalue weighted by atomic mass is 14.5. The van der Waals surface area contributed by atoms with Gasteiger partial charge in [-0.15, -0.1) is 0 Å². The lowest BCUT2D eigenvalue weighted by atomic mass is 9.64. The smallest absolute Gasteiger partial charge is 0.0998 e. The van der Waals surface area contributed by atoms with Crippen LogP contribution in [-0.2, 0) is 6.42 Å². The van der Waals surface area contributed by atoms with Crippen LogP contribution in [0, 0.1) is 51.2 Å². The van der Waals surface area contributed by atoms with E-state index < -0.39 is 0 Å². The molecule has 2 saturated carbocycles. The number of rotatable bonds is 4. The van der Waals surface area contributed by atoms with Crippen LogP contribution in [0.1, 0.15) is 171 Å². The number of nitrogens with zero attached hydrogens (tertiary/aromatic N) is 4. The van der Waals surface area contributed by atoms with Gasteiger partial charge in [-0.2, -0.15) is 21.0 Å². The van der Waals surface area contributed by atoms with Crippen LogP contribution < -0.4 is 0 Å². The highest BCUT2D eigenvalue weighted by Crippen LogP contribution is 2.60. The van der Waals surface area contributed by atoms with Gasteiger partial charge in [-0.3, -0.25) is 0 Å². The summed E-state index contributed by atoms with van der Waals surface area (Å²) in [6.07, 6.45) is 21.9. The maximum atomic E-state index is 11.2. The summed E-state index contributed by atoms with van der Waals surface area (Å²) >= 11 is 0. The maximum Gasteiger partial charge on any atom is 0.0998 e. The van der Waals surface area contributed by atoms with Gasteiger partial charge in [0.2, 0.25) is 0 Å². The van der Waals surface area contributed by atoms with E-state index in [9.17, 15) is 21.0 Å². The van der Waals surface area contributed by atoms with Crippen LogP contribution in [0.2, 0.25) is 0 Å². The summed E-state index contributed by atoms with van der Waals surface area (Å²) in [5, 5.41) is 48.4. The monoisotopic (exact) mass is 896 g/mol. The zero-order chi connectivity index (χ0) is 46.8. The second kappa shape index (κ2) is 15.8. The Kier molecular flexibility index (Phi) is 9.23. The molecule has 7 aromatic rings. The molecule has 4 heteroatoms. The fraction of sp³-hybridized carbons (Fsp3) is 0.242. The van der Waals surface area contributed by atoms with E-state index in [-0.39, 0.29) is 29.6 Å². The summed E-state index contributed by atoms with van der Waals surface area (Å²) < 4.78 is 0. The first-order valence-electron chi connectivity index (χ1n) is 25.6. The third-order valence-corrected chi connectivity index (χ3v) is 17.6. The van der Waals surface area contributed by atoms with Gasteiger partial charge in [0.15, 0.2) is 0 Å². The fourth-order valence-corrected chi connectivity index (χ4v) is 14.6. The third kappa shape index (κ3) is 5.90. The van der Waals surface area contributed by atoms with Crippen LogP contribution in [0.3, 0.4) is 0 Å². The van der Waals surface area contributed by atoms with E-state index in [1.54, 1.807) is 0 Å². The molecule has 0 aromatic heterocycles. The van der Waals surface area contributed by atoms with Crippen molar-refractivity contribution in [2.24, 2.45) is 5.92 Å². The molecule has 0 spiro atoms. The summed E-state index contributed by atoms with van der Waals surface area (Å²) in [5.74, 6) is 0.451. The van der Waals surface area contributed by atoms with Crippen LogP contribution in [0.4, 0.5) is 0 Å². The van der Waals surface area contributed by atoms with Gasteiger partial charge in [-0.05, 0) is 197 Å². The predicted octanol–water partition coefficient (Wildman–Crippen LogP) is 16.2. The van der Waals surface area contributed by atoms with Crippen molar-refractivity contribution < 1.29 is 0 Å². The average Bonchev–Trinajstić information content (AvgIpc) is 3.91. The molecule has 7 aromatic carbocycles. The zero-order valence-electron chi connectivity index (χ0n) is 39.1. The first-order valence-corrected chi connectivity index (χ1v) is 25.6. The van der Waals surface area contributed by atoms with E-state index in [1.165, 1.54) is 90.1 Å². The molecule has 332 valence electrons. The van der Waals surface area contributed by atoms with Crippen molar-refractivity contribution in [2.75, 3.05) is 0 Å². The number of hydrogen-bond donors (Lipinski definition) is 0. The number of allylic oxidation sites excluding steroid dienone is 6.